The molecule has 0 radical (unpaired) electrons. The van der Waals surface area contributed by atoms with Gasteiger partial charge < -0.3 is 15.4 Å². The molecule has 1 aromatic rings. The molecule has 21 heavy (non-hydrogen) atoms. The molecule has 2 aliphatic heterocycles. The van der Waals surface area contributed by atoms with E-state index in [4.69, 9.17) is 27.9 Å². The number of amides is 1. The van der Waals surface area contributed by atoms with Crippen LogP contribution in [0.15, 0.2) is 14.8 Å². The van der Waals surface area contributed by atoms with Gasteiger partial charge in [-0.25, -0.2) is 0 Å². The molecule has 0 saturated carbocycles. The SMILES string of the molecule is O=C(CC1COCCN1)Nc1c(Cl)cc(Cl)c2c1N=S=N2. The molecule has 2 aliphatic rings. The molecule has 2 heterocycles. The molecule has 112 valence electrons. The Bertz CT molecular complexity index is 655. The van der Waals surface area contributed by atoms with Crippen LogP contribution in [0.4, 0.5) is 17.1 Å². The average Bonchev–Trinajstić information content (AvgIpc) is 2.94. The van der Waals surface area contributed by atoms with Crippen molar-refractivity contribution < 1.29 is 9.53 Å². The van der Waals surface area contributed by atoms with Gasteiger partial charge in [-0.1, -0.05) is 23.2 Å². The quantitative estimate of drug-likeness (QED) is 0.896. The van der Waals surface area contributed by atoms with Crippen LogP contribution in [-0.2, 0) is 20.9 Å². The van der Waals surface area contributed by atoms with Crippen LogP contribution in [0, 0.1) is 0 Å². The van der Waals surface area contributed by atoms with Crippen LogP contribution in [-0.4, -0.2) is 31.7 Å². The maximum atomic E-state index is 12.1. The summed E-state index contributed by atoms with van der Waals surface area (Å²) in [6, 6.07) is 1.57. The zero-order valence-corrected chi connectivity index (χ0v) is 13.2. The molecule has 0 bridgehead atoms. The van der Waals surface area contributed by atoms with E-state index in [0.29, 0.717) is 46.7 Å². The number of fused-ring (bicyclic) bond motifs is 1. The topological polar surface area (TPSA) is 75.1 Å². The Hall–Kier alpha value is -0.990. The maximum absolute atomic E-state index is 12.1. The molecule has 6 nitrogen and oxygen atoms in total. The number of carbonyl (C=O) groups excluding carboxylic acids is 1. The van der Waals surface area contributed by atoms with E-state index in [0.717, 1.165) is 17.9 Å². The maximum Gasteiger partial charge on any atom is 0.226 e. The largest absolute Gasteiger partial charge is 0.378 e. The molecule has 1 unspecified atom stereocenters. The van der Waals surface area contributed by atoms with Crippen LogP contribution in [0.1, 0.15) is 6.42 Å². The number of benzene rings is 1. The number of anilines is 1. The van der Waals surface area contributed by atoms with Gasteiger partial charge in [0.2, 0.25) is 5.91 Å². The van der Waals surface area contributed by atoms with Gasteiger partial charge in [0.25, 0.3) is 0 Å². The van der Waals surface area contributed by atoms with Crippen LogP contribution in [0.25, 0.3) is 0 Å². The lowest BCUT2D eigenvalue weighted by Crippen LogP contribution is -2.43. The van der Waals surface area contributed by atoms with Crippen molar-refractivity contribution in [2.45, 2.75) is 12.5 Å². The van der Waals surface area contributed by atoms with Crippen molar-refractivity contribution in [2.75, 3.05) is 25.1 Å². The van der Waals surface area contributed by atoms with Gasteiger partial charge in [0, 0.05) is 19.0 Å². The molecule has 9 heteroatoms. The van der Waals surface area contributed by atoms with Crippen LogP contribution in [0.3, 0.4) is 0 Å². The monoisotopic (exact) mass is 346 g/mol. The molecule has 1 amide bonds. The Balaban J connectivity index is 1.74. The summed E-state index contributed by atoms with van der Waals surface area (Å²) >= 11 is 13.2. The summed E-state index contributed by atoms with van der Waals surface area (Å²) in [6.45, 7) is 1.95. The number of nitrogens with zero attached hydrogens (tertiary/aromatic N) is 2. The molecule has 0 aromatic heterocycles. The fourth-order valence-corrected chi connectivity index (χ4v) is 3.32. The Kier molecular flexibility index (Phi) is 4.56. The Morgan fingerprint density at radius 3 is 3.00 bits per heavy atom. The predicted molar refractivity (Wildman–Crippen MR) is 83.9 cm³/mol. The van der Waals surface area contributed by atoms with Gasteiger partial charge in [0.05, 0.1) is 40.3 Å². The number of morpholine rings is 1. The second kappa shape index (κ2) is 6.41. The second-order valence-corrected chi connectivity index (χ2v) is 6.00. The molecule has 1 atom stereocenters. The van der Waals surface area contributed by atoms with Crippen LogP contribution >= 0.6 is 23.2 Å². The van der Waals surface area contributed by atoms with E-state index >= 15 is 0 Å². The van der Waals surface area contributed by atoms with Gasteiger partial charge in [0.15, 0.2) is 0 Å². The van der Waals surface area contributed by atoms with Crippen LogP contribution in [0.2, 0.25) is 10.0 Å². The van der Waals surface area contributed by atoms with E-state index in [2.05, 4.69) is 19.4 Å². The standard InChI is InChI=1S/C12H12Cl2N4O2S/c13-7-4-8(14)11-12(18-21-17-11)10(7)16-9(19)3-6-5-20-2-1-15-6/h4,6,15H,1-3,5H2,(H,16,19). The summed E-state index contributed by atoms with van der Waals surface area (Å²) in [5.41, 5.74) is 1.51. The highest BCUT2D eigenvalue weighted by atomic mass is 35.5. The number of nitrogens with one attached hydrogen (secondary N) is 2. The van der Waals surface area contributed by atoms with E-state index in [1.165, 1.54) is 0 Å². The van der Waals surface area contributed by atoms with Crippen molar-refractivity contribution in [3.8, 4) is 0 Å². The number of ether oxygens (including phenoxy) is 1. The van der Waals surface area contributed by atoms with Crippen molar-refractivity contribution in [2.24, 2.45) is 8.73 Å². The average molecular weight is 347 g/mol. The van der Waals surface area contributed by atoms with E-state index in [1.54, 1.807) is 6.07 Å². The highest BCUT2D eigenvalue weighted by Gasteiger charge is 2.22. The number of rotatable bonds is 3. The van der Waals surface area contributed by atoms with E-state index in [1.807, 2.05) is 0 Å². The van der Waals surface area contributed by atoms with E-state index in [-0.39, 0.29) is 11.9 Å². The molecular formula is C12H12Cl2N4O2S. The Morgan fingerprint density at radius 2 is 2.24 bits per heavy atom. The molecule has 3 rings (SSSR count). The first kappa shape index (κ1) is 14.9. The zero-order valence-electron chi connectivity index (χ0n) is 10.9. The zero-order chi connectivity index (χ0) is 14.8. The molecule has 1 aromatic carbocycles. The van der Waals surface area contributed by atoms with Gasteiger partial charge in [-0.2, -0.15) is 8.73 Å². The molecule has 1 fully saturated rings. The van der Waals surface area contributed by atoms with Crippen molar-refractivity contribution in [3.05, 3.63) is 16.1 Å². The lowest BCUT2D eigenvalue weighted by Gasteiger charge is -2.23. The van der Waals surface area contributed by atoms with E-state index < -0.39 is 0 Å². The normalized spacial score (nSPS) is 20.0. The smallest absolute Gasteiger partial charge is 0.226 e. The first-order chi connectivity index (χ1) is 10.1. The number of halogens is 2. The Labute approximate surface area is 135 Å². The van der Waals surface area contributed by atoms with Crippen molar-refractivity contribution >= 4 is 57.5 Å². The number of hydrogen-bond acceptors (Lipinski definition) is 5. The fourth-order valence-electron chi connectivity index (χ4n) is 2.16. The second-order valence-electron chi connectivity index (χ2n) is 4.65. The number of carbonyl (C=O) groups is 1. The molecule has 0 aliphatic carbocycles. The van der Waals surface area contributed by atoms with E-state index in [9.17, 15) is 4.79 Å². The molecule has 0 spiro atoms. The molecule has 1 saturated heterocycles. The summed E-state index contributed by atoms with van der Waals surface area (Å²) in [6.07, 6.45) is 0.304. The predicted octanol–water partition coefficient (Wildman–Crippen LogP) is 3.04. The minimum atomic E-state index is -0.156. The fraction of sp³-hybridized carbons (Fsp3) is 0.417. The summed E-state index contributed by atoms with van der Waals surface area (Å²) in [7, 11) is 0. The first-order valence-electron chi connectivity index (χ1n) is 6.36. The summed E-state index contributed by atoms with van der Waals surface area (Å²) in [5, 5.41) is 6.79. The highest BCUT2D eigenvalue weighted by molar-refractivity contribution is 7.58. The highest BCUT2D eigenvalue weighted by Crippen LogP contribution is 2.47. The molecule has 2 N–H and O–H groups in total. The van der Waals surface area contributed by atoms with Gasteiger partial charge in [0.1, 0.15) is 11.4 Å². The summed E-state index contributed by atoms with van der Waals surface area (Å²) in [5.74, 6) is -0.156. The minimum absolute atomic E-state index is 0.00822. The molecular weight excluding hydrogens is 335 g/mol. The van der Waals surface area contributed by atoms with Crippen molar-refractivity contribution in [1.82, 2.24) is 5.32 Å². The van der Waals surface area contributed by atoms with Crippen LogP contribution in [0.5, 0.6) is 0 Å². The third-order valence-corrected chi connectivity index (χ3v) is 4.25. The van der Waals surface area contributed by atoms with Gasteiger partial charge in [-0.15, -0.1) is 0 Å². The first-order valence-corrected chi connectivity index (χ1v) is 7.85. The third kappa shape index (κ3) is 3.27. The lowest BCUT2D eigenvalue weighted by atomic mass is 10.1. The van der Waals surface area contributed by atoms with Crippen LogP contribution < -0.4 is 10.6 Å². The van der Waals surface area contributed by atoms with Gasteiger partial charge >= 0.3 is 0 Å². The van der Waals surface area contributed by atoms with Crippen molar-refractivity contribution in [1.29, 1.82) is 0 Å². The number of hydrogen-bond donors (Lipinski definition) is 2. The summed E-state index contributed by atoms with van der Waals surface area (Å²) in [4.78, 5) is 12.1. The Morgan fingerprint density at radius 1 is 1.43 bits per heavy atom. The summed E-state index contributed by atoms with van der Waals surface area (Å²) < 4.78 is 13.6. The lowest BCUT2D eigenvalue weighted by molar-refractivity contribution is -0.117. The van der Waals surface area contributed by atoms with Crippen molar-refractivity contribution in [3.63, 3.8) is 0 Å². The van der Waals surface area contributed by atoms with Gasteiger partial charge in [-0.05, 0) is 6.07 Å². The third-order valence-electron chi connectivity index (χ3n) is 3.14. The van der Waals surface area contributed by atoms with Gasteiger partial charge in [-0.3, -0.25) is 4.79 Å². The minimum Gasteiger partial charge on any atom is -0.378 e.